The highest BCUT2D eigenvalue weighted by molar-refractivity contribution is 6.35. The first-order valence-electron chi connectivity index (χ1n) is 12.4. The second kappa shape index (κ2) is 14.0. The molecule has 0 unspecified atom stereocenters. The number of nitrogens with one attached hydrogen (secondary N) is 3. The molecule has 2 aromatic carbocycles. The molecule has 12 heteroatoms. The number of anilines is 4. The summed E-state index contributed by atoms with van der Waals surface area (Å²) < 4.78 is 16.6. The molecule has 2 aromatic heterocycles. The second-order valence-electron chi connectivity index (χ2n) is 8.59. The zero-order valence-electron chi connectivity index (χ0n) is 22.0. The first-order valence-corrected chi connectivity index (χ1v) is 13.2. The molecule has 0 aliphatic rings. The summed E-state index contributed by atoms with van der Waals surface area (Å²) in [4.78, 5) is 20.9. The number of carbonyl (C=O) groups is 1. The number of carboxylic acid groups (broad SMARTS) is 1. The molecule has 0 bridgehead atoms. The molecule has 0 aliphatic carbocycles. The van der Waals surface area contributed by atoms with Gasteiger partial charge in [-0.15, -0.1) is 0 Å². The average Bonchev–Trinajstić information content (AvgIpc) is 3.40. The number of furan rings is 1. The Bertz CT molecular complexity index is 1460. The number of aromatic carboxylic acids is 1. The van der Waals surface area contributed by atoms with E-state index in [0.717, 1.165) is 0 Å². The Kier molecular flexibility index (Phi) is 10.2. The zero-order chi connectivity index (χ0) is 28.5. The molecular formula is C28H29Cl2N5O5. The van der Waals surface area contributed by atoms with Gasteiger partial charge in [0.1, 0.15) is 23.0 Å². The molecule has 0 saturated heterocycles. The quantitative estimate of drug-likeness (QED) is 0.122. The predicted molar refractivity (Wildman–Crippen MR) is 156 cm³/mol. The van der Waals surface area contributed by atoms with Crippen LogP contribution < -0.4 is 16.0 Å². The molecule has 0 aliphatic heterocycles. The average molecular weight is 586 g/mol. The largest absolute Gasteiger partial charge is 0.478 e. The van der Waals surface area contributed by atoms with Gasteiger partial charge in [0.05, 0.1) is 42.6 Å². The number of rotatable bonds is 14. The lowest BCUT2D eigenvalue weighted by Gasteiger charge is -2.18. The predicted octanol–water partition coefficient (Wildman–Crippen LogP) is 6.48. The van der Waals surface area contributed by atoms with Crippen LogP contribution in [-0.2, 0) is 16.0 Å². The van der Waals surface area contributed by atoms with Crippen LogP contribution in [0, 0.1) is 6.92 Å². The van der Waals surface area contributed by atoms with Gasteiger partial charge in [-0.05, 0) is 49.4 Å². The Morgan fingerprint density at radius 1 is 1.00 bits per heavy atom. The van der Waals surface area contributed by atoms with Crippen molar-refractivity contribution in [1.82, 2.24) is 9.97 Å². The first-order chi connectivity index (χ1) is 19.4. The van der Waals surface area contributed by atoms with Crippen molar-refractivity contribution < 1.29 is 23.8 Å². The third-order valence-corrected chi connectivity index (χ3v) is 6.26. The molecule has 2 heterocycles. The number of para-hydroxylation sites is 1. The molecule has 4 rings (SSSR count). The number of methoxy groups -OCH3 is 1. The fourth-order valence-electron chi connectivity index (χ4n) is 3.83. The van der Waals surface area contributed by atoms with Crippen molar-refractivity contribution in [3.63, 3.8) is 0 Å². The molecule has 0 saturated carbocycles. The number of hydrogen-bond donors (Lipinski definition) is 4. The lowest BCUT2D eigenvalue weighted by atomic mass is 10.2. The van der Waals surface area contributed by atoms with Crippen LogP contribution >= 0.6 is 23.2 Å². The van der Waals surface area contributed by atoms with Crippen LogP contribution in [0.1, 0.15) is 21.9 Å². The Morgan fingerprint density at radius 2 is 1.80 bits per heavy atom. The first kappa shape index (κ1) is 29.2. The molecule has 0 amide bonds. The lowest BCUT2D eigenvalue weighted by Crippen LogP contribution is -2.16. The van der Waals surface area contributed by atoms with E-state index in [4.69, 9.17) is 37.1 Å². The van der Waals surface area contributed by atoms with E-state index in [-0.39, 0.29) is 12.1 Å². The maximum atomic E-state index is 11.8. The molecule has 10 nitrogen and oxygen atoms in total. The van der Waals surface area contributed by atoms with Crippen LogP contribution in [-0.4, -0.2) is 54.5 Å². The molecule has 0 spiro atoms. The number of hydrogen-bond acceptors (Lipinski definition) is 9. The monoisotopic (exact) mass is 585 g/mol. The molecule has 0 atom stereocenters. The molecule has 40 heavy (non-hydrogen) atoms. The number of benzene rings is 2. The fourth-order valence-corrected chi connectivity index (χ4v) is 4.21. The fraction of sp³-hybridized carbons (Fsp3) is 0.250. The van der Waals surface area contributed by atoms with Gasteiger partial charge in [0.2, 0.25) is 0 Å². The summed E-state index contributed by atoms with van der Waals surface area (Å²) >= 11 is 12.5. The van der Waals surface area contributed by atoms with Crippen LogP contribution in [0.25, 0.3) is 11.3 Å². The molecule has 0 radical (unpaired) electrons. The van der Waals surface area contributed by atoms with E-state index >= 15 is 0 Å². The minimum Gasteiger partial charge on any atom is -0.478 e. The van der Waals surface area contributed by atoms with Crippen LogP contribution in [0.5, 0.6) is 0 Å². The Morgan fingerprint density at radius 3 is 2.60 bits per heavy atom. The van der Waals surface area contributed by atoms with Gasteiger partial charge < -0.3 is 34.9 Å². The minimum atomic E-state index is -1.06. The van der Waals surface area contributed by atoms with E-state index in [2.05, 4.69) is 25.9 Å². The smallest absolute Gasteiger partial charge is 0.337 e. The zero-order valence-corrected chi connectivity index (χ0v) is 23.5. The van der Waals surface area contributed by atoms with Gasteiger partial charge in [0, 0.05) is 24.2 Å². The number of carboxylic acids is 1. The molecule has 210 valence electrons. The lowest BCUT2D eigenvalue weighted by molar-refractivity contribution is 0.0698. The molecular weight excluding hydrogens is 557 g/mol. The van der Waals surface area contributed by atoms with Gasteiger partial charge in [0.25, 0.3) is 0 Å². The van der Waals surface area contributed by atoms with Crippen molar-refractivity contribution in [2.45, 2.75) is 13.5 Å². The van der Waals surface area contributed by atoms with Crippen molar-refractivity contribution in [2.75, 3.05) is 49.4 Å². The summed E-state index contributed by atoms with van der Waals surface area (Å²) in [5.41, 5.74) is 1.71. The SMILES string of the molecule is COCCOCCNc1nc(C)nc(Nc2ccccc2C(=O)O)c1NCc1ccc(-c2cc(Cl)ccc2Cl)o1. The van der Waals surface area contributed by atoms with Gasteiger partial charge in [-0.1, -0.05) is 35.3 Å². The number of nitrogens with zero attached hydrogens (tertiary/aromatic N) is 2. The summed E-state index contributed by atoms with van der Waals surface area (Å²) in [5, 5.41) is 20.5. The van der Waals surface area contributed by atoms with Gasteiger partial charge >= 0.3 is 5.97 Å². The summed E-state index contributed by atoms with van der Waals surface area (Å²) in [6.07, 6.45) is 0. The van der Waals surface area contributed by atoms with Gasteiger partial charge in [-0.2, -0.15) is 0 Å². The third kappa shape index (κ3) is 7.64. The topological polar surface area (TPSA) is 131 Å². The highest BCUT2D eigenvalue weighted by Gasteiger charge is 2.18. The van der Waals surface area contributed by atoms with Crippen molar-refractivity contribution >= 4 is 52.2 Å². The normalized spacial score (nSPS) is 10.9. The summed E-state index contributed by atoms with van der Waals surface area (Å²) in [5.74, 6) is 1.54. The van der Waals surface area contributed by atoms with Crippen molar-refractivity contribution in [2.24, 2.45) is 0 Å². The number of ether oxygens (including phenoxy) is 2. The number of aryl methyl sites for hydroxylation is 1. The highest BCUT2D eigenvalue weighted by Crippen LogP contribution is 2.34. The van der Waals surface area contributed by atoms with Gasteiger partial charge in [-0.25, -0.2) is 14.8 Å². The highest BCUT2D eigenvalue weighted by atomic mass is 35.5. The maximum absolute atomic E-state index is 11.8. The summed E-state index contributed by atoms with van der Waals surface area (Å²) in [7, 11) is 1.62. The van der Waals surface area contributed by atoms with Crippen molar-refractivity contribution in [1.29, 1.82) is 0 Å². The second-order valence-corrected chi connectivity index (χ2v) is 9.44. The Balaban J connectivity index is 1.60. The van der Waals surface area contributed by atoms with Crippen LogP contribution in [0.4, 0.5) is 23.0 Å². The van der Waals surface area contributed by atoms with E-state index in [1.165, 1.54) is 6.07 Å². The van der Waals surface area contributed by atoms with Gasteiger partial charge in [-0.3, -0.25) is 0 Å². The van der Waals surface area contributed by atoms with Crippen molar-refractivity contribution in [3.05, 3.63) is 81.8 Å². The molecule has 4 aromatic rings. The maximum Gasteiger partial charge on any atom is 0.337 e. The van der Waals surface area contributed by atoms with Crippen LogP contribution in [0.2, 0.25) is 10.0 Å². The van der Waals surface area contributed by atoms with Crippen LogP contribution in [0.15, 0.2) is 59.0 Å². The van der Waals surface area contributed by atoms with Crippen molar-refractivity contribution in [3.8, 4) is 11.3 Å². The number of aromatic nitrogens is 2. The number of halogens is 2. The van der Waals surface area contributed by atoms with E-state index in [1.807, 2.05) is 12.1 Å². The molecule has 4 N–H and O–H groups in total. The Labute approximate surface area is 241 Å². The Hall–Kier alpha value is -3.83. The minimum absolute atomic E-state index is 0.111. The van der Waals surface area contributed by atoms with E-state index < -0.39 is 5.97 Å². The van der Waals surface area contributed by atoms with E-state index in [9.17, 15) is 9.90 Å². The molecule has 0 fully saturated rings. The van der Waals surface area contributed by atoms with E-state index in [1.54, 1.807) is 50.4 Å². The van der Waals surface area contributed by atoms with E-state index in [0.29, 0.717) is 82.3 Å². The van der Waals surface area contributed by atoms with Crippen LogP contribution in [0.3, 0.4) is 0 Å². The van der Waals surface area contributed by atoms with Gasteiger partial charge in [0.15, 0.2) is 11.6 Å². The summed E-state index contributed by atoms with van der Waals surface area (Å²) in [6.45, 7) is 3.91. The summed E-state index contributed by atoms with van der Waals surface area (Å²) in [6, 6.07) is 15.4. The standard InChI is InChI=1S/C28H29Cl2N5O5/c1-17-33-26(31-11-12-39-14-13-38-2)25(27(34-17)35-23-6-4-3-5-20(23)28(36)37)32-16-19-8-10-24(40-19)21-15-18(29)7-9-22(21)30/h3-10,15,32H,11-14,16H2,1-2H3,(H,36,37)(H2,31,33,34,35). The third-order valence-electron chi connectivity index (χ3n) is 5.70.